The van der Waals surface area contributed by atoms with Gasteiger partial charge < -0.3 is 20.1 Å². The molecule has 0 saturated carbocycles. The summed E-state index contributed by atoms with van der Waals surface area (Å²) in [6, 6.07) is 3.64. The van der Waals surface area contributed by atoms with Crippen LogP contribution in [0.3, 0.4) is 0 Å². The van der Waals surface area contributed by atoms with Gasteiger partial charge in [0.05, 0.1) is 25.3 Å². The highest BCUT2D eigenvalue weighted by molar-refractivity contribution is 5.83. The van der Waals surface area contributed by atoms with Crippen LogP contribution in [0.1, 0.15) is 6.92 Å². The maximum absolute atomic E-state index is 5.27. The van der Waals surface area contributed by atoms with Crippen LogP contribution in [0.5, 0.6) is 11.5 Å². The molecule has 0 unspecified atom stereocenters. The molecule has 6 nitrogen and oxygen atoms in total. The first-order chi connectivity index (χ1) is 9.23. The Balaban J connectivity index is 2.63. The third-order valence-electron chi connectivity index (χ3n) is 2.75. The molecule has 0 spiro atoms. The van der Waals surface area contributed by atoms with Crippen LogP contribution in [0, 0.1) is 0 Å². The number of anilines is 2. The van der Waals surface area contributed by atoms with Crippen LogP contribution in [0.15, 0.2) is 12.1 Å². The summed E-state index contributed by atoms with van der Waals surface area (Å²) in [6.07, 6.45) is 0. The number of nitrogens with zero attached hydrogens (tertiary/aromatic N) is 2. The summed E-state index contributed by atoms with van der Waals surface area (Å²) < 4.78 is 10.5. The Kier molecular flexibility index (Phi) is 3.89. The topological polar surface area (TPSA) is 68.3 Å². The van der Waals surface area contributed by atoms with Crippen LogP contribution < -0.4 is 20.1 Å². The lowest BCUT2D eigenvalue weighted by molar-refractivity contribution is 0.355. The van der Waals surface area contributed by atoms with Crippen molar-refractivity contribution < 1.29 is 9.47 Å². The van der Waals surface area contributed by atoms with Crippen LogP contribution in [0.4, 0.5) is 11.6 Å². The average molecular weight is 262 g/mol. The van der Waals surface area contributed by atoms with Crippen molar-refractivity contribution in [1.29, 1.82) is 0 Å². The number of nitrogens with one attached hydrogen (secondary N) is 2. The molecule has 0 atom stereocenters. The Labute approximate surface area is 112 Å². The van der Waals surface area contributed by atoms with E-state index in [1.165, 1.54) is 0 Å². The molecule has 0 radical (unpaired) electrons. The number of benzene rings is 1. The third kappa shape index (κ3) is 2.47. The summed E-state index contributed by atoms with van der Waals surface area (Å²) in [4.78, 5) is 9.07. The van der Waals surface area contributed by atoms with Crippen molar-refractivity contribution in [1.82, 2.24) is 9.97 Å². The van der Waals surface area contributed by atoms with Gasteiger partial charge in [0.1, 0.15) is 0 Å². The minimum Gasteiger partial charge on any atom is -0.493 e. The lowest BCUT2D eigenvalue weighted by Gasteiger charge is -2.12. The van der Waals surface area contributed by atoms with E-state index in [4.69, 9.17) is 9.47 Å². The molecule has 1 aromatic carbocycles. The fourth-order valence-corrected chi connectivity index (χ4v) is 1.85. The van der Waals surface area contributed by atoms with E-state index in [0.717, 1.165) is 23.4 Å². The molecule has 102 valence electrons. The van der Waals surface area contributed by atoms with Crippen molar-refractivity contribution in [2.45, 2.75) is 6.92 Å². The molecular weight excluding hydrogens is 244 g/mol. The van der Waals surface area contributed by atoms with Gasteiger partial charge in [0.25, 0.3) is 0 Å². The predicted molar refractivity (Wildman–Crippen MR) is 76.4 cm³/mol. The highest BCUT2D eigenvalue weighted by Crippen LogP contribution is 2.32. The van der Waals surface area contributed by atoms with E-state index in [1.54, 1.807) is 14.2 Å². The molecule has 2 N–H and O–H groups in total. The van der Waals surface area contributed by atoms with Gasteiger partial charge in [-0.15, -0.1) is 0 Å². The van der Waals surface area contributed by atoms with E-state index < -0.39 is 0 Å². The van der Waals surface area contributed by atoms with E-state index in [-0.39, 0.29) is 0 Å². The van der Waals surface area contributed by atoms with Gasteiger partial charge in [0.2, 0.25) is 0 Å². The molecule has 6 heteroatoms. The second-order valence-electron chi connectivity index (χ2n) is 3.90. The average Bonchev–Trinajstić information content (AvgIpc) is 2.45. The van der Waals surface area contributed by atoms with E-state index in [9.17, 15) is 0 Å². The highest BCUT2D eigenvalue weighted by atomic mass is 16.5. The summed E-state index contributed by atoms with van der Waals surface area (Å²) >= 11 is 0. The van der Waals surface area contributed by atoms with Crippen LogP contribution in [-0.2, 0) is 0 Å². The predicted octanol–water partition coefficient (Wildman–Crippen LogP) is 2.12. The lowest BCUT2D eigenvalue weighted by Crippen LogP contribution is -2.06. The van der Waals surface area contributed by atoms with E-state index >= 15 is 0 Å². The Bertz CT molecular complexity index is 586. The minimum absolute atomic E-state index is 0.641. The number of ether oxygens (including phenoxy) is 2. The molecular formula is C13H18N4O2. The summed E-state index contributed by atoms with van der Waals surface area (Å²) in [5.74, 6) is 2.72. The Morgan fingerprint density at radius 2 is 1.53 bits per heavy atom. The number of aromatic nitrogens is 2. The zero-order valence-corrected chi connectivity index (χ0v) is 11.6. The van der Waals surface area contributed by atoms with Crippen molar-refractivity contribution in [3.63, 3.8) is 0 Å². The van der Waals surface area contributed by atoms with Crippen LogP contribution in [0.2, 0.25) is 0 Å². The number of hydrogen-bond donors (Lipinski definition) is 2. The quantitative estimate of drug-likeness (QED) is 0.860. The highest BCUT2D eigenvalue weighted by Gasteiger charge is 2.11. The molecule has 2 rings (SSSR count). The first-order valence-electron chi connectivity index (χ1n) is 6.08. The monoisotopic (exact) mass is 262 g/mol. The maximum Gasteiger partial charge on any atom is 0.169 e. The number of rotatable bonds is 5. The lowest BCUT2D eigenvalue weighted by atomic mass is 10.2. The molecule has 19 heavy (non-hydrogen) atoms. The summed E-state index contributed by atoms with van der Waals surface area (Å²) in [7, 11) is 5.02. The van der Waals surface area contributed by atoms with Crippen LogP contribution in [-0.4, -0.2) is 37.8 Å². The molecule has 0 aliphatic rings. The zero-order valence-electron chi connectivity index (χ0n) is 11.6. The van der Waals surface area contributed by atoms with Gasteiger partial charge in [0, 0.05) is 25.7 Å². The fraction of sp³-hybridized carbons (Fsp3) is 0.385. The van der Waals surface area contributed by atoms with Gasteiger partial charge in [-0.05, 0) is 6.92 Å². The van der Waals surface area contributed by atoms with Gasteiger partial charge in [-0.2, -0.15) is 0 Å². The molecule has 0 aliphatic carbocycles. The van der Waals surface area contributed by atoms with Gasteiger partial charge >= 0.3 is 0 Å². The van der Waals surface area contributed by atoms with E-state index in [1.807, 2.05) is 26.1 Å². The molecule has 0 saturated heterocycles. The van der Waals surface area contributed by atoms with Crippen molar-refractivity contribution in [3.8, 4) is 11.5 Å². The van der Waals surface area contributed by atoms with E-state index in [2.05, 4.69) is 20.6 Å². The minimum atomic E-state index is 0.641. The van der Waals surface area contributed by atoms with Gasteiger partial charge in [-0.1, -0.05) is 0 Å². The summed E-state index contributed by atoms with van der Waals surface area (Å²) in [5.41, 5.74) is 1.51. The number of fused-ring (bicyclic) bond motifs is 1. The van der Waals surface area contributed by atoms with Crippen molar-refractivity contribution in [2.24, 2.45) is 0 Å². The zero-order chi connectivity index (χ0) is 13.8. The number of methoxy groups -OCH3 is 2. The molecule has 0 aliphatic heterocycles. The third-order valence-corrected chi connectivity index (χ3v) is 2.75. The SMILES string of the molecule is CCNc1nc2cc(OC)c(OC)cc2nc1NC. The largest absolute Gasteiger partial charge is 0.493 e. The second-order valence-corrected chi connectivity index (χ2v) is 3.90. The Morgan fingerprint density at radius 1 is 1.00 bits per heavy atom. The first-order valence-corrected chi connectivity index (χ1v) is 6.08. The van der Waals surface area contributed by atoms with Gasteiger partial charge in [-0.25, -0.2) is 9.97 Å². The normalized spacial score (nSPS) is 10.3. The second kappa shape index (κ2) is 5.60. The van der Waals surface area contributed by atoms with Crippen LogP contribution in [0.25, 0.3) is 11.0 Å². The van der Waals surface area contributed by atoms with Crippen LogP contribution >= 0.6 is 0 Å². The molecule has 0 fully saturated rings. The molecule has 0 amide bonds. The molecule has 1 heterocycles. The molecule has 0 bridgehead atoms. The summed E-state index contributed by atoms with van der Waals surface area (Å²) in [5, 5.41) is 6.21. The Morgan fingerprint density at radius 3 is 1.95 bits per heavy atom. The fourth-order valence-electron chi connectivity index (χ4n) is 1.85. The maximum atomic E-state index is 5.27. The molecule has 1 aromatic heterocycles. The summed E-state index contributed by atoms with van der Waals surface area (Å²) in [6.45, 7) is 2.79. The Hall–Kier alpha value is -2.24. The standard InChI is InChI=1S/C13H18N4O2/c1-5-15-13-12(14-2)16-8-6-10(18-3)11(19-4)7-9(8)17-13/h6-7H,5H2,1-4H3,(H,14,16)(H,15,17). The first kappa shape index (κ1) is 13.2. The van der Waals surface area contributed by atoms with Crippen molar-refractivity contribution in [2.75, 3.05) is 38.4 Å². The number of hydrogen-bond acceptors (Lipinski definition) is 6. The van der Waals surface area contributed by atoms with E-state index in [0.29, 0.717) is 17.3 Å². The van der Waals surface area contributed by atoms with Crippen molar-refractivity contribution in [3.05, 3.63) is 12.1 Å². The van der Waals surface area contributed by atoms with Gasteiger partial charge in [0.15, 0.2) is 23.1 Å². The smallest absolute Gasteiger partial charge is 0.169 e. The molecule has 2 aromatic rings. The van der Waals surface area contributed by atoms with Gasteiger partial charge in [-0.3, -0.25) is 0 Å². The van der Waals surface area contributed by atoms with Crippen molar-refractivity contribution >= 4 is 22.7 Å².